The van der Waals surface area contributed by atoms with Crippen molar-refractivity contribution in [2.75, 3.05) is 24.1 Å². The minimum absolute atomic E-state index is 0.325. The van der Waals surface area contributed by atoms with Gasteiger partial charge in [-0.3, -0.25) is 0 Å². The number of alkyl halides is 1. The zero-order valence-corrected chi connectivity index (χ0v) is 17.4. The Kier molecular flexibility index (Phi) is 8.82. The molecular weight excluding hydrogens is 368 g/mol. The summed E-state index contributed by atoms with van der Waals surface area (Å²) in [6.45, 7) is 8.51. The SMILES string of the molecule is C=CCC/C(=C\C)C1=NC(C)=CCN1c1ccc(S(C)(=O)=O)cc1.CCl. The van der Waals surface area contributed by atoms with Crippen LogP contribution >= 0.6 is 11.6 Å². The fourth-order valence-corrected chi connectivity index (χ4v) is 3.20. The Morgan fingerprint density at radius 1 is 1.31 bits per heavy atom. The van der Waals surface area contributed by atoms with Crippen molar-refractivity contribution in [3.8, 4) is 0 Å². The fourth-order valence-electron chi connectivity index (χ4n) is 2.57. The lowest BCUT2D eigenvalue weighted by molar-refractivity contribution is 0.602. The molecule has 0 N–H and O–H groups in total. The second-order valence-electron chi connectivity index (χ2n) is 5.80. The molecule has 26 heavy (non-hydrogen) atoms. The third kappa shape index (κ3) is 5.85. The molecule has 0 atom stereocenters. The molecule has 0 unspecified atom stereocenters. The number of aliphatic imine (C=N–C) groups is 1. The van der Waals surface area contributed by atoms with E-state index in [4.69, 9.17) is 4.99 Å². The maximum atomic E-state index is 11.6. The van der Waals surface area contributed by atoms with Gasteiger partial charge in [0.25, 0.3) is 0 Å². The molecule has 0 saturated carbocycles. The summed E-state index contributed by atoms with van der Waals surface area (Å²) in [6.07, 6.45) is 10.5. The van der Waals surface area contributed by atoms with E-state index in [1.165, 1.54) is 12.6 Å². The van der Waals surface area contributed by atoms with Crippen molar-refractivity contribution < 1.29 is 8.42 Å². The quantitative estimate of drug-likeness (QED) is 0.505. The van der Waals surface area contributed by atoms with Crippen molar-refractivity contribution >= 4 is 33.0 Å². The monoisotopic (exact) mass is 394 g/mol. The summed E-state index contributed by atoms with van der Waals surface area (Å²) < 4.78 is 23.3. The van der Waals surface area contributed by atoms with Crippen LogP contribution in [0.4, 0.5) is 5.69 Å². The number of amidine groups is 1. The molecule has 1 heterocycles. The highest BCUT2D eigenvalue weighted by Crippen LogP contribution is 2.25. The topological polar surface area (TPSA) is 49.7 Å². The average Bonchev–Trinajstić information content (AvgIpc) is 2.63. The van der Waals surface area contributed by atoms with Gasteiger partial charge in [-0.05, 0) is 62.6 Å². The van der Waals surface area contributed by atoms with Gasteiger partial charge in [0.2, 0.25) is 0 Å². The van der Waals surface area contributed by atoms with Gasteiger partial charge in [0.15, 0.2) is 9.84 Å². The van der Waals surface area contributed by atoms with Crippen molar-refractivity contribution in [3.05, 3.63) is 60.3 Å². The Bertz CT molecular complexity index is 807. The van der Waals surface area contributed by atoms with Crippen LogP contribution in [-0.2, 0) is 9.84 Å². The van der Waals surface area contributed by atoms with Gasteiger partial charge in [0.1, 0.15) is 5.84 Å². The summed E-state index contributed by atoms with van der Waals surface area (Å²) in [5, 5.41) is 0. The molecule has 0 aliphatic carbocycles. The number of rotatable bonds is 6. The number of anilines is 1. The Balaban J connectivity index is 0.00000163. The lowest BCUT2D eigenvalue weighted by Crippen LogP contribution is -2.35. The molecule has 0 aromatic heterocycles. The first kappa shape index (κ1) is 22.2. The molecule has 0 spiro atoms. The van der Waals surface area contributed by atoms with Crippen LogP contribution in [0.15, 0.2) is 70.2 Å². The molecule has 2 rings (SSSR count). The second-order valence-corrected chi connectivity index (χ2v) is 7.81. The van der Waals surface area contributed by atoms with Crippen molar-refractivity contribution in [1.29, 1.82) is 0 Å². The Hall–Kier alpha value is -1.85. The molecular formula is C20H27ClN2O2S. The number of hydrogen-bond acceptors (Lipinski definition) is 4. The number of hydrogen-bond donors (Lipinski definition) is 0. The highest BCUT2D eigenvalue weighted by atomic mass is 35.5. The Labute approximate surface area is 162 Å². The molecule has 1 aliphatic heterocycles. The van der Waals surface area contributed by atoms with Gasteiger partial charge in [-0.2, -0.15) is 0 Å². The van der Waals surface area contributed by atoms with E-state index >= 15 is 0 Å². The molecule has 6 heteroatoms. The fraction of sp³-hybridized carbons (Fsp3) is 0.350. The van der Waals surface area contributed by atoms with Crippen LogP contribution in [0.2, 0.25) is 0 Å². The normalized spacial score (nSPS) is 14.8. The van der Waals surface area contributed by atoms with E-state index in [1.807, 2.05) is 32.1 Å². The molecule has 1 aromatic rings. The molecule has 1 aliphatic rings. The lowest BCUT2D eigenvalue weighted by atomic mass is 10.1. The van der Waals surface area contributed by atoms with Crippen LogP contribution in [0.5, 0.6) is 0 Å². The summed E-state index contributed by atoms with van der Waals surface area (Å²) in [6, 6.07) is 6.96. The maximum absolute atomic E-state index is 11.6. The van der Waals surface area contributed by atoms with Gasteiger partial charge in [0.05, 0.1) is 4.90 Å². The minimum atomic E-state index is -3.19. The highest BCUT2D eigenvalue weighted by Gasteiger charge is 2.20. The van der Waals surface area contributed by atoms with Crippen molar-refractivity contribution in [2.45, 2.75) is 31.6 Å². The van der Waals surface area contributed by atoms with Crippen molar-refractivity contribution in [1.82, 2.24) is 0 Å². The van der Waals surface area contributed by atoms with Gasteiger partial charge in [-0.15, -0.1) is 18.2 Å². The van der Waals surface area contributed by atoms with E-state index in [1.54, 1.807) is 12.1 Å². The second kappa shape index (κ2) is 10.3. The summed E-state index contributed by atoms with van der Waals surface area (Å²) >= 11 is 4.64. The first-order valence-corrected chi connectivity index (χ1v) is 11.0. The molecule has 4 nitrogen and oxygen atoms in total. The van der Waals surface area contributed by atoms with Crippen molar-refractivity contribution in [3.63, 3.8) is 0 Å². The van der Waals surface area contributed by atoms with Gasteiger partial charge < -0.3 is 4.90 Å². The first-order chi connectivity index (χ1) is 12.4. The first-order valence-electron chi connectivity index (χ1n) is 8.34. The van der Waals surface area contributed by atoms with Crippen LogP contribution < -0.4 is 4.90 Å². The summed E-state index contributed by atoms with van der Waals surface area (Å²) in [7, 11) is -3.19. The van der Waals surface area contributed by atoms with E-state index in [0.717, 1.165) is 35.6 Å². The number of nitrogens with zero attached hydrogens (tertiary/aromatic N) is 2. The maximum Gasteiger partial charge on any atom is 0.175 e. The van der Waals surface area contributed by atoms with E-state index in [-0.39, 0.29) is 0 Å². The molecule has 0 bridgehead atoms. The molecule has 142 valence electrons. The predicted octanol–water partition coefficient (Wildman–Crippen LogP) is 4.98. The Morgan fingerprint density at radius 3 is 2.42 bits per heavy atom. The number of allylic oxidation sites excluding steroid dienone is 3. The predicted molar refractivity (Wildman–Crippen MR) is 113 cm³/mol. The number of sulfone groups is 1. The van der Waals surface area contributed by atoms with Crippen LogP contribution in [-0.4, -0.2) is 33.4 Å². The third-order valence-electron chi connectivity index (χ3n) is 3.94. The molecule has 0 amide bonds. The zero-order chi connectivity index (χ0) is 19.7. The third-order valence-corrected chi connectivity index (χ3v) is 5.07. The van der Waals surface area contributed by atoms with Gasteiger partial charge in [-0.1, -0.05) is 12.2 Å². The van der Waals surface area contributed by atoms with E-state index in [9.17, 15) is 8.42 Å². The standard InChI is InChI=1S/C19H24N2O2S.CH3Cl/c1-5-7-8-16(6-2)19-20-15(3)13-14-21(19)17-9-11-18(12-10-17)24(4,22)23;1-2/h5-6,9-13H,1,7-8,14H2,2-4H3;1H3/b16-6+;. The molecule has 0 radical (unpaired) electrons. The molecule has 0 fully saturated rings. The van der Waals surface area contributed by atoms with E-state index in [2.05, 4.69) is 35.2 Å². The van der Waals surface area contributed by atoms with Crippen molar-refractivity contribution in [2.24, 2.45) is 4.99 Å². The van der Waals surface area contributed by atoms with Gasteiger partial charge >= 0.3 is 0 Å². The molecule has 0 saturated heterocycles. The smallest absolute Gasteiger partial charge is 0.175 e. The Morgan fingerprint density at radius 2 is 1.92 bits per heavy atom. The molecule has 1 aromatic carbocycles. The summed E-state index contributed by atoms with van der Waals surface area (Å²) in [4.78, 5) is 7.15. The van der Waals surface area contributed by atoms with Crippen LogP contribution in [0.3, 0.4) is 0 Å². The van der Waals surface area contributed by atoms with Gasteiger partial charge in [0, 0.05) is 30.6 Å². The number of halogens is 1. The van der Waals surface area contributed by atoms with E-state index < -0.39 is 9.84 Å². The van der Waals surface area contributed by atoms with Crippen LogP contribution in [0.1, 0.15) is 26.7 Å². The average molecular weight is 395 g/mol. The van der Waals surface area contributed by atoms with Crippen LogP contribution in [0, 0.1) is 0 Å². The van der Waals surface area contributed by atoms with Gasteiger partial charge in [-0.25, -0.2) is 13.4 Å². The minimum Gasteiger partial charge on any atom is -0.322 e. The highest BCUT2D eigenvalue weighted by molar-refractivity contribution is 7.90. The zero-order valence-electron chi connectivity index (χ0n) is 15.9. The van der Waals surface area contributed by atoms with Crippen LogP contribution in [0.25, 0.3) is 0 Å². The summed E-state index contributed by atoms with van der Waals surface area (Å²) in [5.74, 6) is 0.923. The lowest BCUT2D eigenvalue weighted by Gasteiger charge is -2.29. The summed E-state index contributed by atoms with van der Waals surface area (Å²) in [5.41, 5.74) is 3.09. The number of benzene rings is 1. The van der Waals surface area contributed by atoms with E-state index in [0.29, 0.717) is 11.4 Å². The largest absolute Gasteiger partial charge is 0.322 e.